The van der Waals surface area contributed by atoms with Crippen LogP contribution in [0.5, 0.6) is 0 Å². The third-order valence-corrected chi connectivity index (χ3v) is 0.886. The van der Waals surface area contributed by atoms with Crippen molar-refractivity contribution in [2.45, 2.75) is 39.9 Å². The minimum atomic E-state index is -0.902. The van der Waals surface area contributed by atoms with E-state index < -0.39 is 12.2 Å². The van der Waals surface area contributed by atoms with Crippen LogP contribution in [0.2, 0.25) is 0 Å². The maximum Gasteiger partial charge on any atom is 0.452 e. The Morgan fingerprint density at radius 1 is 0.875 bits per heavy atom. The number of azo groups is 1. The van der Waals surface area contributed by atoms with Crippen molar-refractivity contribution in [3.05, 3.63) is 0 Å². The molecule has 0 spiro atoms. The normalized spacial score (nSPS) is 10.0. The number of carbonyl (C=O) groups is 2. The van der Waals surface area contributed by atoms with Gasteiger partial charge in [0.2, 0.25) is 0 Å². The van der Waals surface area contributed by atoms with Crippen molar-refractivity contribution >= 4 is 12.2 Å². The Hall–Kier alpha value is -1.54. The van der Waals surface area contributed by atoms with Crippen molar-refractivity contribution in [3.63, 3.8) is 0 Å². The molecule has 94 valence electrons. The van der Waals surface area contributed by atoms with Crippen LogP contribution in [0.1, 0.15) is 27.7 Å². The van der Waals surface area contributed by atoms with Gasteiger partial charge in [0, 0.05) is 0 Å². The molecule has 0 saturated heterocycles. The van der Waals surface area contributed by atoms with Gasteiger partial charge in [0.15, 0.2) is 0 Å². The van der Waals surface area contributed by atoms with Gasteiger partial charge in [-0.2, -0.15) is 0 Å². The van der Waals surface area contributed by atoms with Gasteiger partial charge in [-0.05, 0) is 27.7 Å². The van der Waals surface area contributed by atoms with Crippen LogP contribution in [0.3, 0.4) is 0 Å². The van der Waals surface area contributed by atoms with Crippen LogP contribution in [0, 0.1) is 0 Å². The van der Waals surface area contributed by atoms with Crippen LogP contribution in [0.4, 0.5) is 9.59 Å². The summed E-state index contributed by atoms with van der Waals surface area (Å²) >= 11 is 0. The first-order valence-corrected chi connectivity index (χ1v) is 4.44. The summed E-state index contributed by atoms with van der Waals surface area (Å²) in [6.45, 7) is 6.67. The summed E-state index contributed by atoms with van der Waals surface area (Å²) in [6.07, 6.45) is -2.38. The Bertz CT molecular complexity index is 215. The molecule has 0 aliphatic carbocycles. The van der Waals surface area contributed by atoms with Gasteiger partial charge >= 0.3 is 12.2 Å². The molecule has 0 bridgehead atoms. The third kappa shape index (κ3) is 12.5. The first kappa shape index (κ1) is 16.9. The maximum absolute atomic E-state index is 10.8. The lowest BCUT2D eigenvalue weighted by molar-refractivity contribution is -0.176. The second kappa shape index (κ2) is 9.99. The number of nitrogens with zero attached hydrogens (tertiary/aromatic N) is 2. The molecule has 0 aliphatic rings. The summed E-state index contributed by atoms with van der Waals surface area (Å²) in [6, 6.07) is 0. The standard InChI is InChI=1S/C8H14N2O4.H2O2/c1-5(2)13-7(11)9-10-8(12)14-6(3)4;1-2/h5-6H,1-4H3;1-2H. The summed E-state index contributed by atoms with van der Waals surface area (Å²) in [7, 11) is 0. The predicted molar refractivity (Wildman–Crippen MR) is 53.3 cm³/mol. The first-order chi connectivity index (χ1) is 7.41. The van der Waals surface area contributed by atoms with Crippen molar-refractivity contribution in [3.8, 4) is 0 Å². The van der Waals surface area contributed by atoms with Crippen LogP contribution >= 0.6 is 0 Å². The Kier molecular flexibility index (Phi) is 10.5. The second-order valence-electron chi connectivity index (χ2n) is 3.07. The fourth-order valence-corrected chi connectivity index (χ4v) is 0.532. The molecule has 0 aromatic rings. The Morgan fingerprint density at radius 2 is 1.12 bits per heavy atom. The van der Waals surface area contributed by atoms with E-state index in [2.05, 4.69) is 19.7 Å². The van der Waals surface area contributed by atoms with E-state index in [0.29, 0.717) is 0 Å². The second-order valence-corrected chi connectivity index (χ2v) is 3.07. The third-order valence-electron chi connectivity index (χ3n) is 0.886. The van der Waals surface area contributed by atoms with Crippen LogP contribution in [-0.4, -0.2) is 34.9 Å². The maximum atomic E-state index is 10.8. The molecule has 2 amide bonds. The molecule has 0 rings (SSSR count). The monoisotopic (exact) mass is 236 g/mol. The van der Waals surface area contributed by atoms with E-state index in [1.807, 2.05) is 0 Å². The average molecular weight is 236 g/mol. The fraction of sp³-hybridized carbons (Fsp3) is 0.750. The van der Waals surface area contributed by atoms with Crippen LogP contribution in [0.25, 0.3) is 0 Å². The highest BCUT2D eigenvalue weighted by Crippen LogP contribution is 1.96. The number of carbonyl (C=O) groups excluding carboxylic acids is 2. The first-order valence-electron chi connectivity index (χ1n) is 4.44. The molecule has 8 nitrogen and oxygen atoms in total. The van der Waals surface area contributed by atoms with Gasteiger partial charge in [-0.3, -0.25) is 10.5 Å². The van der Waals surface area contributed by atoms with Crippen molar-refractivity contribution in [2.75, 3.05) is 0 Å². The number of amides is 2. The van der Waals surface area contributed by atoms with Gasteiger partial charge in [-0.15, -0.1) is 0 Å². The van der Waals surface area contributed by atoms with E-state index in [-0.39, 0.29) is 12.2 Å². The van der Waals surface area contributed by atoms with E-state index in [4.69, 9.17) is 10.5 Å². The van der Waals surface area contributed by atoms with Crippen LogP contribution in [0.15, 0.2) is 10.2 Å². The lowest BCUT2D eigenvalue weighted by Gasteiger charge is -2.03. The zero-order valence-corrected chi connectivity index (χ0v) is 9.58. The lowest BCUT2D eigenvalue weighted by Crippen LogP contribution is -2.09. The molecular formula is C8H16N2O6. The minimum Gasteiger partial charge on any atom is -0.444 e. The van der Waals surface area contributed by atoms with E-state index in [0.717, 1.165) is 0 Å². The lowest BCUT2D eigenvalue weighted by atomic mass is 10.5. The van der Waals surface area contributed by atoms with Gasteiger partial charge in [0.1, 0.15) is 0 Å². The molecular weight excluding hydrogens is 220 g/mol. The SMILES string of the molecule is CC(C)OC(=O)N=NC(=O)OC(C)C.OO. The zero-order chi connectivity index (χ0) is 13.1. The average Bonchev–Trinajstić information content (AvgIpc) is 2.16. The number of ether oxygens (including phenoxy) is 2. The van der Waals surface area contributed by atoms with E-state index in [1.165, 1.54) is 0 Å². The Labute approximate surface area is 92.8 Å². The molecule has 0 heterocycles. The van der Waals surface area contributed by atoms with Gasteiger partial charge in [-0.1, -0.05) is 10.2 Å². The Morgan fingerprint density at radius 3 is 1.31 bits per heavy atom. The van der Waals surface area contributed by atoms with Gasteiger partial charge in [-0.25, -0.2) is 9.59 Å². The predicted octanol–water partition coefficient (Wildman–Crippen LogP) is 2.55. The number of hydrogen-bond acceptors (Lipinski definition) is 6. The minimum absolute atomic E-state index is 0.289. The Balaban J connectivity index is 0. The number of hydrogen-bond donors (Lipinski definition) is 2. The molecule has 16 heavy (non-hydrogen) atoms. The summed E-state index contributed by atoms with van der Waals surface area (Å²) in [5.74, 6) is 0. The zero-order valence-electron chi connectivity index (χ0n) is 9.58. The topological polar surface area (TPSA) is 118 Å². The van der Waals surface area contributed by atoms with Crippen molar-refractivity contribution in [2.24, 2.45) is 10.2 Å². The van der Waals surface area contributed by atoms with Crippen molar-refractivity contribution in [1.82, 2.24) is 0 Å². The van der Waals surface area contributed by atoms with E-state index >= 15 is 0 Å². The smallest absolute Gasteiger partial charge is 0.444 e. The largest absolute Gasteiger partial charge is 0.452 e. The van der Waals surface area contributed by atoms with Crippen molar-refractivity contribution in [1.29, 1.82) is 0 Å². The molecule has 0 unspecified atom stereocenters. The van der Waals surface area contributed by atoms with Gasteiger partial charge in [0.25, 0.3) is 0 Å². The molecule has 8 heteroatoms. The van der Waals surface area contributed by atoms with Gasteiger partial charge < -0.3 is 9.47 Å². The molecule has 0 fully saturated rings. The fourth-order valence-electron chi connectivity index (χ4n) is 0.532. The summed E-state index contributed by atoms with van der Waals surface area (Å²) in [5, 5.41) is 18.0. The van der Waals surface area contributed by atoms with Crippen LogP contribution < -0.4 is 0 Å². The summed E-state index contributed by atoms with van der Waals surface area (Å²) in [5.41, 5.74) is 0. The summed E-state index contributed by atoms with van der Waals surface area (Å²) < 4.78 is 9.20. The molecule has 0 atom stereocenters. The summed E-state index contributed by atoms with van der Waals surface area (Å²) in [4.78, 5) is 21.5. The van der Waals surface area contributed by atoms with Crippen molar-refractivity contribution < 1.29 is 29.6 Å². The highest BCUT2D eigenvalue weighted by molar-refractivity contribution is 5.73. The molecule has 0 aliphatic heterocycles. The van der Waals surface area contributed by atoms with Gasteiger partial charge in [0.05, 0.1) is 12.2 Å². The highest BCUT2D eigenvalue weighted by Gasteiger charge is 2.06. The van der Waals surface area contributed by atoms with E-state index in [9.17, 15) is 9.59 Å². The highest BCUT2D eigenvalue weighted by atomic mass is 17.0. The molecule has 0 aromatic carbocycles. The molecule has 2 N–H and O–H groups in total. The van der Waals surface area contributed by atoms with E-state index in [1.54, 1.807) is 27.7 Å². The molecule has 0 radical (unpaired) electrons. The molecule has 0 saturated carbocycles. The quantitative estimate of drug-likeness (QED) is 0.432. The number of rotatable bonds is 2. The van der Waals surface area contributed by atoms with Crippen LogP contribution in [-0.2, 0) is 9.47 Å². The molecule has 0 aromatic heterocycles.